The molecule has 0 aliphatic heterocycles. The maximum Gasteiger partial charge on any atom is 0.258 e. The highest BCUT2D eigenvalue weighted by atomic mass is 32.1. The molecule has 0 saturated carbocycles. The van der Waals surface area contributed by atoms with Crippen LogP contribution < -0.4 is 10.1 Å². The van der Waals surface area contributed by atoms with Gasteiger partial charge in [0.25, 0.3) is 5.91 Å². The summed E-state index contributed by atoms with van der Waals surface area (Å²) in [7, 11) is 0. The summed E-state index contributed by atoms with van der Waals surface area (Å²) in [6, 6.07) is 11.6. The number of amides is 1. The van der Waals surface area contributed by atoms with Gasteiger partial charge >= 0.3 is 0 Å². The van der Waals surface area contributed by atoms with E-state index >= 15 is 0 Å². The zero-order valence-corrected chi connectivity index (χ0v) is 14.2. The average molecular weight is 344 g/mol. The maximum atomic E-state index is 11.8. The van der Waals surface area contributed by atoms with E-state index in [0.29, 0.717) is 12.3 Å². The van der Waals surface area contributed by atoms with Gasteiger partial charge in [0, 0.05) is 21.5 Å². The molecule has 0 saturated heterocycles. The van der Waals surface area contributed by atoms with Crippen molar-refractivity contribution in [1.29, 1.82) is 0 Å². The number of thiazole rings is 1. The van der Waals surface area contributed by atoms with Gasteiger partial charge in [-0.3, -0.25) is 4.79 Å². The van der Waals surface area contributed by atoms with Gasteiger partial charge in [0.15, 0.2) is 6.61 Å². The number of rotatable bonds is 6. The lowest BCUT2D eigenvalue weighted by molar-refractivity contribution is -0.123. The molecular formula is C17H16N2O2S2. The molecule has 2 heterocycles. The number of aromatic nitrogens is 1. The van der Waals surface area contributed by atoms with E-state index in [4.69, 9.17) is 4.74 Å². The van der Waals surface area contributed by atoms with Crippen molar-refractivity contribution in [3.8, 4) is 16.3 Å². The lowest BCUT2D eigenvalue weighted by atomic mass is 10.2. The van der Waals surface area contributed by atoms with Crippen molar-refractivity contribution in [3.05, 3.63) is 57.7 Å². The fraction of sp³-hybridized carbons (Fsp3) is 0.176. The summed E-state index contributed by atoms with van der Waals surface area (Å²) in [5, 5.41) is 7.84. The van der Waals surface area contributed by atoms with Crippen LogP contribution in [0.5, 0.6) is 5.75 Å². The monoisotopic (exact) mass is 344 g/mol. The number of thiophene rings is 1. The first kappa shape index (κ1) is 15.7. The average Bonchev–Trinajstić information content (AvgIpc) is 3.23. The topological polar surface area (TPSA) is 51.2 Å². The molecule has 0 atom stereocenters. The van der Waals surface area contributed by atoms with E-state index in [9.17, 15) is 4.79 Å². The second-order valence-corrected chi connectivity index (χ2v) is 6.85. The summed E-state index contributed by atoms with van der Waals surface area (Å²) in [4.78, 5) is 17.3. The van der Waals surface area contributed by atoms with Gasteiger partial charge in [-0.05, 0) is 42.6 Å². The summed E-state index contributed by atoms with van der Waals surface area (Å²) in [6.45, 7) is 2.54. The zero-order chi connectivity index (χ0) is 16.1. The molecule has 3 aromatic rings. The van der Waals surface area contributed by atoms with Gasteiger partial charge in [-0.15, -0.1) is 22.7 Å². The van der Waals surface area contributed by atoms with E-state index in [1.165, 1.54) is 0 Å². The first-order valence-electron chi connectivity index (χ1n) is 7.15. The summed E-state index contributed by atoms with van der Waals surface area (Å²) in [6.07, 6.45) is 0. The SMILES string of the molecule is Cc1csc(-c2ccc(OCC(=O)NCc3cccs3)cc2)n1. The second kappa shape index (κ2) is 7.39. The molecule has 0 aliphatic rings. The van der Waals surface area contributed by atoms with Gasteiger partial charge in [-0.25, -0.2) is 4.98 Å². The molecule has 0 fully saturated rings. The first-order chi connectivity index (χ1) is 11.2. The van der Waals surface area contributed by atoms with E-state index in [1.807, 2.05) is 54.1 Å². The number of aryl methyl sites for hydroxylation is 1. The van der Waals surface area contributed by atoms with Crippen molar-refractivity contribution < 1.29 is 9.53 Å². The van der Waals surface area contributed by atoms with Crippen LogP contribution in [0.4, 0.5) is 0 Å². The highest BCUT2D eigenvalue weighted by Crippen LogP contribution is 2.25. The normalized spacial score (nSPS) is 10.5. The Morgan fingerprint density at radius 1 is 1.22 bits per heavy atom. The zero-order valence-electron chi connectivity index (χ0n) is 12.6. The van der Waals surface area contributed by atoms with Crippen molar-refractivity contribution in [2.75, 3.05) is 6.61 Å². The van der Waals surface area contributed by atoms with Crippen LogP contribution in [0.3, 0.4) is 0 Å². The Morgan fingerprint density at radius 3 is 2.70 bits per heavy atom. The summed E-state index contributed by atoms with van der Waals surface area (Å²) in [5.74, 6) is 0.548. The Bertz CT molecular complexity index is 764. The standard InChI is InChI=1S/C17H16N2O2S2/c1-12-11-23-17(19-12)13-4-6-14(7-5-13)21-10-16(20)18-9-15-3-2-8-22-15/h2-8,11H,9-10H2,1H3,(H,18,20). The molecule has 1 N–H and O–H groups in total. The summed E-state index contributed by atoms with van der Waals surface area (Å²) in [5.41, 5.74) is 2.07. The Hall–Kier alpha value is -2.18. The van der Waals surface area contributed by atoms with Crippen molar-refractivity contribution in [3.63, 3.8) is 0 Å². The predicted molar refractivity (Wildman–Crippen MR) is 93.9 cm³/mol. The van der Waals surface area contributed by atoms with Crippen molar-refractivity contribution in [2.45, 2.75) is 13.5 Å². The highest BCUT2D eigenvalue weighted by Gasteiger charge is 2.05. The Balaban J connectivity index is 1.49. The number of carbonyl (C=O) groups excluding carboxylic acids is 1. The molecule has 0 aliphatic carbocycles. The van der Waals surface area contributed by atoms with Gasteiger partial charge in [0.05, 0.1) is 6.54 Å². The molecule has 0 spiro atoms. The Morgan fingerprint density at radius 2 is 2.04 bits per heavy atom. The van der Waals surface area contributed by atoms with E-state index in [1.54, 1.807) is 22.7 Å². The van der Waals surface area contributed by atoms with Crippen molar-refractivity contribution in [1.82, 2.24) is 10.3 Å². The van der Waals surface area contributed by atoms with Crippen LogP contribution in [0.25, 0.3) is 10.6 Å². The molecule has 3 rings (SSSR count). The molecule has 0 radical (unpaired) electrons. The van der Waals surface area contributed by atoms with E-state index < -0.39 is 0 Å². The fourth-order valence-corrected chi connectivity index (χ4v) is 3.43. The van der Waals surface area contributed by atoms with Gasteiger partial charge in [0.1, 0.15) is 10.8 Å². The third-order valence-electron chi connectivity index (χ3n) is 3.13. The van der Waals surface area contributed by atoms with Crippen LogP contribution in [0.2, 0.25) is 0 Å². The number of nitrogens with zero attached hydrogens (tertiary/aromatic N) is 1. The van der Waals surface area contributed by atoms with Gasteiger partial charge in [0.2, 0.25) is 0 Å². The number of hydrogen-bond acceptors (Lipinski definition) is 5. The molecule has 1 amide bonds. The lowest BCUT2D eigenvalue weighted by Crippen LogP contribution is -2.28. The van der Waals surface area contributed by atoms with E-state index in [-0.39, 0.29) is 12.5 Å². The fourth-order valence-electron chi connectivity index (χ4n) is 1.98. The molecule has 0 unspecified atom stereocenters. The van der Waals surface area contributed by atoms with Crippen LogP contribution in [-0.4, -0.2) is 17.5 Å². The number of benzene rings is 1. The Kier molecular flexibility index (Phi) is 5.05. The number of carbonyl (C=O) groups is 1. The van der Waals surface area contributed by atoms with Crippen LogP contribution >= 0.6 is 22.7 Å². The van der Waals surface area contributed by atoms with Crippen molar-refractivity contribution in [2.24, 2.45) is 0 Å². The van der Waals surface area contributed by atoms with Crippen LogP contribution in [0.15, 0.2) is 47.2 Å². The lowest BCUT2D eigenvalue weighted by Gasteiger charge is -2.07. The molecule has 4 nitrogen and oxygen atoms in total. The highest BCUT2D eigenvalue weighted by molar-refractivity contribution is 7.13. The van der Waals surface area contributed by atoms with E-state index in [0.717, 1.165) is 21.1 Å². The number of nitrogens with one attached hydrogen (secondary N) is 1. The number of ether oxygens (including phenoxy) is 1. The smallest absolute Gasteiger partial charge is 0.258 e. The van der Waals surface area contributed by atoms with Gasteiger partial charge in [-0.2, -0.15) is 0 Å². The Labute approximate surface area is 142 Å². The maximum absolute atomic E-state index is 11.8. The van der Waals surface area contributed by atoms with Gasteiger partial charge < -0.3 is 10.1 Å². The molecule has 0 bridgehead atoms. The molecule has 1 aromatic carbocycles. The minimum atomic E-state index is -0.127. The van der Waals surface area contributed by atoms with E-state index in [2.05, 4.69) is 10.3 Å². The van der Waals surface area contributed by atoms with Crippen LogP contribution in [0, 0.1) is 6.92 Å². The quantitative estimate of drug-likeness (QED) is 0.738. The van der Waals surface area contributed by atoms with Crippen LogP contribution in [0.1, 0.15) is 10.6 Å². The minimum absolute atomic E-state index is 0.0150. The van der Waals surface area contributed by atoms with Gasteiger partial charge in [-0.1, -0.05) is 6.07 Å². The first-order valence-corrected chi connectivity index (χ1v) is 8.91. The molecule has 118 valence electrons. The second-order valence-electron chi connectivity index (χ2n) is 4.96. The van der Waals surface area contributed by atoms with Crippen molar-refractivity contribution >= 4 is 28.6 Å². The molecular weight excluding hydrogens is 328 g/mol. The minimum Gasteiger partial charge on any atom is -0.484 e. The third kappa shape index (κ3) is 4.40. The number of hydrogen-bond donors (Lipinski definition) is 1. The molecule has 2 aromatic heterocycles. The summed E-state index contributed by atoms with van der Waals surface area (Å²) >= 11 is 3.24. The molecule has 6 heteroatoms. The third-order valence-corrected chi connectivity index (χ3v) is 5.02. The van der Waals surface area contributed by atoms with Crippen LogP contribution in [-0.2, 0) is 11.3 Å². The molecule has 23 heavy (non-hydrogen) atoms. The summed E-state index contributed by atoms with van der Waals surface area (Å²) < 4.78 is 5.51. The predicted octanol–water partition coefficient (Wildman–Crippen LogP) is 3.88. The largest absolute Gasteiger partial charge is 0.484 e.